The summed E-state index contributed by atoms with van der Waals surface area (Å²) in [5, 5.41) is 14.0. The van der Waals surface area contributed by atoms with Crippen LogP contribution in [-0.2, 0) is 17.8 Å². The molecule has 0 amide bonds. The second-order valence-corrected chi connectivity index (χ2v) is 9.25. The van der Waals surface area contributed by atoms with Crippen molar-refractivity contribution in [3.05, 3.63) is 23.1 Å². The van der Waals surface area contributed by atoms with Crippen LogP contribution in [0.5, 0.6) is 0 Å². The molecule has 0 fully saturated rings. The Bertz CT molecular complexity index is 1010. The van der Waals surface area contributed by atoms with Crippen molar-refractivity contribution in [2.45, 2.75) is 65.3 Å². The van der Waals surface area contributed by atoms with Gasteiger partial charge in [0.15, 0.2) is 0 Å². The maximum absolute atomic E-state index is 9.61. The summed E-state index contributed by atoms with van der Waals surface area (Å²) in [6, 6.07) is 0. The first-order valence-corrected chi connectivity index (χ1v) is 10.2. The molecule has 0 saturated heterocycles. The van der Waals surface area contributed by atoms with Crippen LogP contribution in [0, 0.1) is 0 Å². The highest BCUT2D eigenvalue weighted by Crippen LogP contribution is 2.43. The van der Waals surface area contributed by atoms with Gasteiger partial charge in [-0.3, -0.25) is 0 Å². The molecule has 0 unspecified atom stereocenters. The molecule has 2 N–H and O–H groups in total. The van der Waals surface area contributed by atoms with Crippen LogP contribution in [0.1, 0.15) is 57.4 Å². The number of nitrogens with one attached hydrogen (secondary N) is 1. The van der Waals surface area contributed by atoms with E-state index in [1.807, 2.05) is 0 Å². The van der Waals surface area contributed by atoms with E-state index >= 15 is 0 Å². The molecule has 6 nitrogen and oxygen atoms in total. The predicted molar refractivity (Wildman–Crippen MR) is 110 cm³/mol. The van der Waals surface area contributed by atoms with Gasteiger partial charge < -0.3 is 15.2 Å². The van der Waals surface area contributed by atoms with Crippen molar-refractivity contribution in [1.82, 2.24) is 15.0 Å². The Labute approximate surface area is 163 Å². The van der Waals surface area contributed by atoms with Gasteiger partial charge in [-0.15, -0.1) is 11.3 Å². The number of fused-ring (bicyclic) bond motifs is 5. The van der Waals surface area contributed by atoms with Crippen LogP contribution in [0.15, 0.2) is 6.33 Å². The topological polar surface area (TPSA) is 80.2 Å². The van der Waals surface area contributed by atoms with Gasteiger partial charge in [-0.2, -0.15) is 0 Å². The van der Waals surface area contributed by atoms with Gasteiger partial charge in [-0.05, 0) is 32.3 Å². The summed E-state index contributed by atoms with van der Waals surface area (Å²) in [5.74, 6) is 1.09. The van der Waals surface area contributed by atoms with Crippen LogP contribution >= 0.6 is 11.3 Å². The molecule has 0 aliphatic carbocycles. The SMILES string of the molecule is CC(C)c1nc2sc3c(NC[C@H](C)O)ncnc3c2c2c1COC(C)(C)C2. The maximum atomic E-state index is 9.61. The smallest absolute Gasteiger partial charge is 0.147 e. The standard InChI is InChI=1S/C20H26N4O2S/c1-10(2)15-13-8-26-20(4,5)6-12(13)14-16-17(27-19(14)24-15)18(23-9-22-16)21-7-11(3)25/h9-11,25H,6-8H2,1-5H3,(H,21,22,23)/t11-/m0/s1. The van der Waals surface area contributed by atoms with Crippen molar-refractivity contribution in [2.24, 2.45) is 0 Å². The van der Waals surface area contributed by atoms with E-state index in [0.717, 1.165) is 38.4 Å². The van der Waals surface area contributed by atoms with Crippen LogP contribution < -0.4 is 5.32 Å². The van der Waals surface area contributed by atoms with Crippen molar-refractivity contribution in [1.29, 1.82) is 0 Å². The highest BCUT2D eigenvalue weighted by atomic mass is 32.1. The second-order valence-electron chi connectivity index (χ2n) is 8.25. The third-order valence-corrected chi connectivity index (χ3v) is 6.05. The lowest BCUT2D eigenvalue weighted by molar-refractivity contribution is -0.0402. The lowest BCUT2D eigenvalue weighted by Crippen LogP contribution is -2.32. The number of hydrogen-bond donors (Lipinski definition) is 2. The molecular formula is C20H26N4O2S. The number of thiophene rings is 1. The van der Waals surface area contributed by atoms with Gasteiger partial charge in [0, 0.05) is 23.9 Å². The fourth-order valence-corrected chi connectivity index (χ4v) is 4.81. The molecular weight excluding hydrogens is 360 g/mol. The lowest BCUT2D eigenvalue weighted by Gasteiger charge is -2.33. The van der Waals surface area contributed by atoms with Crippen LogP contribution in [0.2, 0.25) is 0 Å². The van der Waals surface area contributed by atoms with E-state index in [1.54, 1.807) is 24.6 Å². The van der Waals surface area contributed by atoms with Crippen molar-refractivity contribution < 1.29 is 9.84 Å². The summed E-state index contributed by atoms with van der Waals surface area (Å²) in [5.41, 5.74) is 4.38. The van der Waals surface area contributed by atoms with E-state index < -0.39 is 6.10 Å². The Morgan fingerprint density at radius 1 is 1.26 bits per heavy atom. The first-order chi connectivity index (χ1) is 12.8. The van der Waals surface area contributed by atoms with Crippen molar-refractivity contribution in [3.8, 4) is 0 Å². The van der Waals surface area contributed by atoms with Crippen LogP contribution in [0.25, 0.3) is 20.4 Å². The van der Waals surface area contributed by atoms with E-state index in [4.69, 9.17) is 9.72 Å². The Morgan fingerprint density at radius 3 is 2.74 bits per heavy atom. The molecule has 4 rings (SSSR count). The summed E-state index contributed by atoms with van der Waals surface area (Å²) in [6.45, 7) is 11.4. The van der Waals surface area contributed by atoms with Gasteiger partial charge >= 0.3 is 0 Å². The van der Waals surface area contributed by atoms with Crippen molar-refractivity contribution in [3.63, 3.8) is 0 Å². The molecule has 1 atom stereocenters. The molecule has 0 bridgehead atoms. The molecule has 3 aromatic heterocycles. The second kappa shape index (κ2) is 6.65. The number of rotatable bonds is 4. The van der Waals surface area contributed by atoms with Crippen LogP contribution in [0.3, 0.4) is 0 Å². The monoisotopic (exact) mass is 386 g/mol. The number of ether oxygens (including phenoxy) is 1. The van der Waals surface area contributed by atoms with E-state index in [0.29, 0.717) is 19.1 Å². The normalized spacial score (nSPS) is 17.4. The zero-order valence-electron chi connectivity index (χ0n) is 16.5. The number of hydrogen-bond acceptors (Lipinski definition) is 7. The molecule has 0 aromatic carbocycles. The maximum Gasteiger partial charge on any atom is 0.147 e. The van der Waals surface area contributed by atoms with E-state index in [-0.39, 0.29) is 5.60 Å². The average molecular weight is 387 g/mol. The summed E-state index contributed by atoms with van der Waals surface area (Å²) >= 11 is 1.62. The number of aliphatic hydroxyl groups excluding tert-OH is 1. The highest BCUT2D eigenvalue weighted by Gasteiger charge is 2.32. The van der Waals surface area contributed by atoms with Crippen LogP contribution in [-0.4, -0.2) is 38.3 Å². The van der Waals surface area contributed by atoms with Crippen molar-refractivity contribution >= 4 is 37.6 Å². The fraction of sp³-hybridized carbons (Fsp3) is 0.550. The van der Waals surface area contributed by atoms with Gasteiger partial charge in [0.05, 0.1) is 34.2 Å². The molecule has 3 aromatic rings. The van der Waals surface area contributed by atoms with Crippen molar-refractivity contribution in [2.75, 3.05) is 11.9 Å². The van der Waals surface area contributed by atoms with Gasteiger partial charge in [-0.25, -0.2) is 15.0 Å². The van der Waals surface area contributed by atoms with E-state index in [1.165, 1.54) is 11.1 Å². The number of nitrogens with zero attached hydrogens (tertiary/aromatic N) is 3. The molecule has 7 heteroatoms. The number of aromatic nitrogens is 3. The molecule has 27 heavy (non-hydrogen) atoms. The third kappa shape index (κ3) is 3.28. The average Bonchev–Trinajstić information content (AvgIpc) is 2.97. The largest absolute Gasteiger partial charge is 0.392 e. The van der Waals surface area contributed by atoms with Gasteiger partial charge in [-0.1, -0.05) is 13.8 Å². The molecule has 1 aliphatic rings. The Morgan fingerprint density at radius 2 is 2.04 bits per heavy atom. The summed E-state index contributed by atoms with van der Waals surface area (Å²) in [6.07, 6.45) is 1.99. The summed E-state index contributed by atoms with van der Waals surface area (Å²) in [4.78, 5) is 15.0. The molecule has 0 spiro atoms. The minimum Gasteiger partial charge on any atom is -0.392 e. The summed E-state index contributed by atoms with van der Waals surface area (Å²) in [7, 11) is 0. The molecule has 4 heterocycles. The quantitative estimate of drug-likeness (QED) is 0.705. The molecule has 0 radical (unpaired) electrons. The van der Waals surface area contributed by atoms with Gasteiger partial charge in [0.25, 0.3) is 0 Å². The highest BCUT2D eigenvalue weighted by molar-refractivity contribution is 7.26. The zero-order chi connectivity index (χ0) is 19.3. The lowest BCUT2D eigenvalue weighted by atomic mass is 9.87. The third-order valence-electron chi connectivity index (χ3n) is 4.97. The van der Waals surface area contributed by atoms with Gasteiger partial charge in [0.2, 0.25) is 0 Å². The number of pyridine rings is 1. The minimum atomic E-state index is -0.444. The Balaban J connectivity index is 1.99. The Hall–Kier alpha value is -1.83. The molecule has 0 saturated carbocycles. The predicted octanol–water partition coefficient (Wildman–Crippen LogP) is 4.01. The Kier molecular flexibility index (Phi) is 4.56. The van der Waals surface area contributed by atoms with E-state index in [9.17, 15) is 5.11 Å². The number of anilines is 1. The summed E-state index contributed by atoms with van der Waals surface area (Å²) < 4.78 is 7.09. The number of aliphatic hydroxyl groups is 1. The van der Waals surface area contributed by atoms with Crippen LogP contribution in [0.4, 0.5) is 5.82 Å². The van der Waals surface area contributed by atoms with E-state index in [2.05, 4.69) is 43.0 Å². The molecule has 144 valence electrons. The minimum absolute atomic E-state index is 0.204. The molecule has 1 aliphatic heterocycles. The fourth-order valence-electron chi connectivity index (χ4n) is 3.68. The van der Waals surface area contributed by atoms with Gasteiger partial charge in [0.1, 0.15) is 17.0 Å². The first kappa shape index (κ1) is 18.5. The first-order valence-electron chi connectivity index (χ1n) is 9.41. The zero-order valence-corrected chi connectivity index (χ0v) is 17.3.